The molecule has 0 unspecified atom stereocenters. The van der Waals surface area contributed by atoms with Crippen molar-refractivity contribution in [2.24, 2.45) is 0 Å². The minimum Gasteiger partial charge on any atom is -0.277 e. The molecule has 0 atom stereocenters. The fourth-order valence-electron chi connectivity index (χ4n) is 1.57. The van der Waals surface area contributed by atoms with Crippen LogP contribution in [0.3, 0.4) is 0 Å². The quantitative estimate of drug-likeness (QED) is 0.514. The minimum absolute atomic E-state index is 0.0436. The molecule has 0 radical (unpaired) electrons. The van der Waals surface area contributed by atoms with Crippen LogP contribution in [0.4, 0.5) is 10.1 Å². The predicted molar refractivity (Wildman–Crippen MR) is 88.8 cm³/mol. The number of anilines is 1. The second-order valence-electron chi connectivity index (χ2n) is 4.26. The molecule has 2 aromatic rings. The summed E-state index contributed by atoms with van der Waals surface area (Å²) in [5, 5.41) is 0.0748. The molecule has 0 saturated carbocycles. The monoisotopic (exact) mass is 455 g/mol. The van der Waals surface area contributed by atoms with Gasteiger partial charge in [-0.25, -0.2) is 12.8 Å². The fraction of sp³-hybridized carbons (Fsp3) is 0.0769. The summed E-state index contributed by atoms with van der Waals surface area (Å²) in [4.78, 5) is 0.0689. The molecule has 0 aromatic heterocycles. The first-order chi connectivity index (χ1) is 9.72. The Morgan fingerprint density at radius 1 is 1.19 bits per heavy atom. The average molecular weight is 458 g/mol. The minimum atomic E-state index is -3.85. The molecule has 0 aliphatic carbocycles. The molecule has 112 valence electrons. The zero-order valence-corrected chi connectivity index (χ0v) is 15.4. The van der Waals surface area contributed by atoms with Gasteiger partial charge in [-0.2, -0.15) is 0 Å². The number of benzene rings is 2. The van der Waals surface area contributed by atoms with Gasteiger partial charge in [0.2, 0.25) is 0 Å². The molecule has 1 N–H and O–H groups in total. The molecule has 2 aromatic carbocycles. The first-order valence-electron chi connectivity index (χ1n) is 5.65. The average Bonchev–Trinajstić information content (AvgIpc) is 2.42. The van der Waals surface area contributed by atoms with E-state index in [-0.39, 0.29) is 24.6 Å². The van der Waals surface area contributed by atoms with Gasteiger partial charge >= 0.3 is 0 Å². The molecule has 8 heteroatoms. The van der Waals surface area contributed by atoms with E-state index in [1.54, 1.807) is 12.1 Å². The van der Waals surface area contributed by atoms with Crippen LogP contribution >= 0.6 is 43.5 Å². The third-order valence-electron chi connectivity index (χ3n) is 2.68. The standard InChI is InChI=1S/C13H9Br2ClFNO2S/c1-7-2-4-8(5-3-7)21(19,20)18-13-10(16)6-9(14)12(17)11(13)15/h2-6,18H,1H3. The van der Waals surface area contributed by atoms with Crippen molar-refractivity contribution in [2.75, 3.05) is 4.72 Å². The van der Waals surface area contributed by atoms with Crippen molar-refractivity contribution in [1.29, 1.82) is 0 Å². The summed E-state index contributed by atoms with van der Waals surface area (Å²) < 4.78 is 40.8. The van der Waals surface area contributed by atoms with Crippen LogP contribution in [0.5, 0.6) is 0 Å². The Hall–Kier alpha value is -0.630. The second-order valence-corrected chi connectivity index (χ2v) is 8.00. The number of sulfonamides is 1. The van der Waals surface area contributed by atoms with E-state index in [2.05, 4.69) is 36.6 Å². The van der Waals surface area contributed by atoms with Gasteiger partial charge in [-0.3, -0.25) is 4.72 Å². The van der Waals surface area contributed by atoms with Crippen LogP contribution in [0.2, 0.25) is 5.02 Å². The van der Waals surface area contributed by atoms with Gasteiger partial charge < -0.3 is 0 Å². The third kappa shape index (κ3) is 3.59. The van der Waals surface area contributed by atoms with Crippen LogP contribution in [0.15, 0.2) is 44.2 Å². The van der Waals surface area contributed by atoms with Gasteiger partial charge in [-0.15, -0.1) is 0 Å². The lowest BCUT2D eigenvalue weighted by atomic mass is 10.2. The molecular weight excluding hydrogens is 448 g/mol. The van der Waals surface area contributed by atoms with E-state index in [1.807, 2.05) is 6.92 Å². The largest absolute Gasteiger partial charge is 0.277 e. The Morgan fingerprint density at radius 3 is 2.33 bits per heavy atom. The first-order valence-corrected chi connectivity index (χ1v) is 9.09. The molecule has 3 nitrogen and oxygen atoms in total. The van der Waals surface area contributed by atoms with Crippen molar-refractivity contribution in [3.63, 3.8) is 0 Å². The highest BCUT2D eigenvalue weighted by Gasteiger charge is 2.21. The predicted octanol–water partition coefficient (Wildman–Crippen LogP) is 5.11. The molecule has 21 heavy (non-hydrogen) atoms. The molecule has 0 heterocycles. The molecule has 0 amide bonds. The third-order valence-corrected chi connectivity index (χ3v) is 5.67. The number of hydrogen-bond acceptors (Lipinski definition) is 2. The number of halogens is 4. The van der Waals surface area contributed by atoms with E-state index in [0.717, 1.165) is 5.56 Å². The topological polar surface area (TPSA) is 46.2 Å². The highest BCUT2D eigenvalue weighted by atomic mass is 79.9. The lowest BCUT2D eigenvalue weighted by Crippen LogP contribution is -2.14. The summed E-state index contributed by atoms with van der Waals surface area (Å²) >= 11 is 12.0. The molecule has 0 aliphatic rings. The molecule has 0 aliphatic heterocycles. The number of rotatable bonds is 3. The molecule has 0 saturated heterocycles. The van der Waals surface area contributed by atoms with Crippen LogP contribution in [0.1, 0.15) is 5.56 Å². The maximum Gasteiger partial charge on any atom is 0.261 e. The summed E-state index contributed by atoms with van der Waals surface area (Å²) in [7, 11) is -3.85. The van der Waals surface area contributed by atoms with E-state index in [4.69, 9.17) is 11.6 Å². The molecular formula is C13H9Br2ClFNO2S. The fourth-order valence-corrected chi connectivity index (χ4v) is 4.57. The summed E-state index contributed by atoms with van der Waals surface area (Å²) in [6.07, 6.45) is 0. The Labute approximate surface area is 143 Å². The Balaban J connectivity index is 2.47. The lowest BCUT2D eigenvalue weighted by Gasteiger charge is -2.13. The van der Waals surface area contributed by atoms with Crippen LogP contribution in [0, 0.1) is 12.7 Å². The van der Waals surface area contributed by atoms with Gasteiger partial charge in [0.1, 0.15) is 0 Å². The van der Waals surface area contributed by atoms with Crippen molar-refractivity contribution < 1.29 is 12.8 Å². The summed E-state index contributed by atoms with van der Waals surface area (Å²) in [6.45, 7) is 1.85. The van der Waals surface area contributed by atoms with Crippen molar-refractivity contribution in [3.05, 3.63) is 55.7 Å². The van der Waals surface area contributed by atoms with Crippen LogP contribution in [0.25, 0.3) is 0 Å². The molecule has 0 spiro atoms. The zero-order valence-electron chi connectivity index (χ0n) is 10.6. The van der Waals surface area contributed by atoms with Crippen molar-refractivity contribution >= 4 is 59.2 Å². The first kappa shape index (κ1) is 16.7. The number of aryl methyl sites for hydroxylation is 1. The van der Waals surface area contributed by atoms with E-state index < -0.39 is 15.8 Å². The van der Waals surface area contributed by atoms with Gasteiger partial charge in [0.25, 0.3) is 10.0 Å². The highest BCUT2D eigenvalue weighted by Crippen LogP contribution is 2.38. The summed E-state index contributed by atoms with van der Waals surface area (Å²) in [5.74, 6) is -0.638. The van der Waals surface area contributed by atoms with Crippen LogP contribution < -0.4 is 4.72 Å². The molecule has 0 fully saturated rings. The zero-order chi connectivity index (χ0) is 15.8. The second kappa shape index (κ2) is 6.24. The SMILES string of the molecule is Cc1ccc(S(=O)(=O)Nc2c(Cl)cc(Br)c(F)c2Br)cc1. The highest BCUT2D eigenvalue weighted by molar-refractivity contribution is 9.11. The normalized spacial score (nSPS) is 11.5. The lowest BCUT2D eigenvalue weighted by molar-refractivity contribution is 0.600. The molecule has 0 bridgehead atoms. The maximum atomic E-state index is 13.8. The molecule has 2 rings (SSSR count). The van der Waals surface area contributed by atoms with E-state index in [1.165, 1.54) is 18.2 Å². The Morgan fingerprint density at radius 2 is 1.76 bits per heavy atom. The van der Waals surface area contributed by atoms with E-state index in [0.29, 0.717) is 0 Å². The smallest absolute Gasteiger partial charge is 0.261 e. The van der Waals surface area contributed by atoms with Crippen molar-refractivity contribution in [3.8, 4) is 0 Å². The van der Waals surface area contributed by atoms with Gasteiger partial charge in [0, 0.05) is 0 Å². The summed E-state index contributed by atoms with van der Waals surface area (Å²) in [5.41, 5.74) is 0.890. The van der Waals surface area contributed by atoms with Gasteiger partial charge in [-0.05, 0) is 57.0 Å². The van der Waals surface area contributed by atoms with Crippen LogP contribution in [-0.4, -0.2) is 8.42 Å². The van der Waals surface area contributed by atoms with E-state index in [9.17, 15) is 12.8 Å². The van der Waals surface area contributed by atoms with Crippen LogP contribution in [-0.2, 0) is 10.0 Å². The van der Waals surface area contributed by atoms with Crippen molar-refractivity contribution in [2.45, 2.75) is 11.8 Å². The van der Waals surface area contributed by atoms with Gasteiger partial charge in [0.15, 0.2) is 5.82 Å². The van der Waals surface area contributed by atoms with Gasteiger partial charge in [0.05, 0.1) is 24.6 Å². The maximum absolute atomic E-state index is 13.8. The number of hydrogen-bond donors (Lipinski definition) is 1. The Kier molecular flexibility index (Phi) is 4.97. The van der Waals surface area contributed by atoms with E-state index >= 15 is 0 Å². The summed E-state index contributed by atoms with van der Waals surface area (Å²) in [6, 6.07) is 7.57. The number of nitrogens with one attached hydrogen (secondary N) is 1. The van der Waals surface area contributed by atoms with Crippen molar-refractivity contribution in [1.82, 2.24) is 0 Å². The Bertz CT molecular complexity index is 795. The van der Waals surface area contributed by atoms with Gasteiger partial charge in [-0.1, -0.05) is 29.3 Å².